The molecule has 0 aliphatic carbocycles. The average molecular weight is 294 g/mol. The van der Waals surface area contributed by atoms with Gasteiger partial charge < -0.3 is 24.4 Å². The fourth-order valence-electron chi connectivity index (χ4n) is 2.89. The number of benzene rings is 1. The van der Waals surface area contributed by atoms with Crippen LogP contribution in [0.3, 0.4) is 0 Å². The lowest BCUT2D eigenvalue weighted by atomic mass is 9.99. The average Bonchev–Trinajstić information content (AvgIpc) is 2.99. The highest BCUT2D eigenvalue weighted by Crippen LogP contribution is 2.43. The summed E-state index contributed by atoms with van der Waals surface area (Å²) in [7, 11) is 0. The molecular formula is C16H22O5. The summed E-state index contributed by atoms with van der Waals surface area (Å²) in [6.45, 7) is 4.12. The van der Waals surface area contributed by atoms with Crippen molar-refractivity contribution in [2.75, 3.05) is 6.61 Å². The molecule has 0 radical (unpaired) electrons. The van der Waals surface area contributed by atoms with E-state index in [0.29, 0.717) is 6.61 Å². The zero-order valence-electron chi connectivity index (χ0n) is 12.3. The predicted molar refractivity (Wildman–Crippen MR) is 75.7 cm³/mol. The minimum absolute atomic E-state index is 0.146. The monoisotopic (exact) mass is 294 g/mol. The summed E-state index contributed by atoms with van der Waals surface area (Å²) in [6.07, 6.45) is -2.45. The molecule has 2 fully saturated rings. The lowest BCUT2D eigenvalue weighted by Gasteiger charge is -2.19. The molecule has 116 valence electrons. The van der Waals surface area contributed by atoms with E-state index in [-0.39, 0.29) is 18.3 Å². The molecule has 0 aromatic heterocycles. The number of ether oxygens (including phenoxy) is 3. The van der Waals surface area contributed by atoms with Gasteiger partial charge in [0.15, 0.2) is 0 Å². The van der Waals surface area contributed by atoms with E-state index in [9.17, 15) is 10.2 Å². The summed E-state index contributed by atoms with van der Waals surface area (Å²) in [4.78, 5) is 0. The maximum atomic E-state index is 10.4. The SMILES string of the molecule is CC1(C)OC1C1O[C@H](CO)[C@H](OCc2ccccc2)[C@@H]1O. The highest BCUT2D eigenvalue weighted by Gasteiger charge is 2.60. The summed E-state index contributed by atoms with van der Waals surface area (Å²) in [6, 6.07) is 9.73. The lowest BCUT2D eigenvalue weighted by Crippen LogP contribution is -2.38. The van der Waals surface area contributed by atoms with E-state index in [1.54, 1.807) is 0 Å². The van der Waals surface area contributed by atoms with Crippen LogP contribution >= 0.6 is 0 Å². The smallest absolute Gasteiger partial charge is 0.116 e. The van der Waals surface area contributed by atoms with Crippen molar-refractivity contribution in [2.24, 2.45) is 0 Å². The first-order chi connectivity index (χ1) is 10.0. The van der Waals surface area contributed by atoms with Crippen LogP contribution in [0.5, 0.6) is 0 Å². The largest absolute Gasteiger partial charge is 0.394 e. The van der Waals surface area contributed by atoms with Gasteiger partial charge in [-0.3, -0.25) is 0 Å². The second-order valence-corrected chi connectivity index (χ2v) is 6.22. The van der Waals surface area contributed by atoms with Crippen molar-refractivity contribution in [1.82, 2.24) is 0 Å². The van der Waals surface area contributed by atoms with Crippen molar-refractivity contribution in [3.05, 3.63) is 35.9 Å². The van der Waals surface area contributed by atoms with Gasteiger partial charge in [-0.2, -0.15) is 0 Å². The van der Waals surface area contributed by atoms with Crippen LogP contribution in [-0.2, 0) is 20.8 Å². The summed E-state index contributed by atoms with van der Waals surface area (Å²) < 4.78 is 17.1. The molecule has 1 aromatic rings. The molecule has 3 rings (SSSR count). The number of rotatable bonds is 5. The van der Waals surface area contributed by atoms with Gasteiger partial charge in [0.2, 0.25) is 0 Å². The van der Waals surface area contributed by atoms with Crippen LogP contribution in [0.1, 0.15) is 19.4 Å². The van der Waals surface area contributed by atoms with Gasteiger partial charge in [-0.1, -0.05) is 30.3 Å². The zero-order valence-corrected chi connectivity index (χ0v) is 12.3. The van der Waals surface area contributed by atoms with Crippen molar-refractivity contribution in [3.63, 3.8) is 0 Å². The number of epoxide rings is 1. The second kappa shape index (κ2) is 5.66. The summed E-state index contributed by atoms with van der Waals surface area (Å²) >= 11 is 0. The van der Waals surface area contributed by atoms with Crippen molar-refractivity contribution in [2.45, 2.75) is 56.6 Å². The molecular weight excluding hydrogens is 272 g/mol. The molecule has 5 heteroatoms. The minimum atomic E-state index is -0.794. The highest BCUT2D eigenvalue weighted by atomic mass is 16.7. The Kier molecular flexibility index (Phi) is 4.03. The molecule has 2 N–H and O–H groups in total. The van der Waals surface area contributed by atoms with E-state index in [2.05, 4.69) is 0 Å². The van der Waals surface area contributed by atoms with Gasteiger partial charge >= 0.3 is 0 Å². The van der Waals surface area contributed by atoms with Gasteiger partial charge in [0.05, 0.1) is 18.8 Å². The van der Waals surface area contributed by atoms with Gasteiger partial charge in [0.1, 0.15) is 30.5 Å². The molecule has 5 nitrogen and oxygen atoms in total. The molecule has 2 heterocycles. The van der Waals surface area contributed by atoms with Crippen molar-refractivity contribution in [3.8, 4) is 0 Å². The topological polar surface area (TPSA) is 71.5 Å². The van der Waals surface area contributed by atoms with Gasteiger partial charge in [-0.15, -0.1) is 0 Å². The van der Waals surface area contributed by atoms with E-state index < -0.39 is 24.4 Å². The first kappa shape index (κ1) is 14.9. The second-order valence-electron chi connectivity index (χ2n) is 6.22. The maximum Gasteiger partial charge on any atom is 0.116 e. The third-order valence-corrected chi connectivity index (χ3v) is 4.19. The predicted octanol–water partition coefficient (Wildman–Crippen LogP) is 0.870. The van der Waals surface area contributed by atoms with Crippen LogP contribution in [0.25, 0.3) is 0 Å². The van der Waals surface area contributed by atoms with Crippen molar-refractivity contribution in [1.29, 1.82) is 0 Å². The number of hydrogen-bond acceptors (Lipinski definition) is 5. The zero-order chi connectivity index (χ0) is 15.0. The maximum absolute atomic E-state index is 10.4. The molecule has 2 aliphatic rings. The Balaban J connectivity index is 1.63. The summed E-state index contributed by atoms with van der Waals surface area (Å²) in [5.41, 5.74) is 0.743. The fourth-order valence-corrected chi connectivity index (χ4v) is 2.89. The third-order valence-electron chi connectivity index (χ3n) is 4.19. The van der Waals surface area contributed by atoms with E-state index >= 15 is 0 Å². The Bertz CT molecular complexity index is 475. The standard InChI is InChI=1S/C16H22O5/c1-16(2)15(21-16)14-12(18)13(11(8-17)20-14)19-9-10-6-4-3-5-7-10/h3-7,11-15,17-18H,8-9H2,1-2H3/t11-,12+,13+,14?,15?/m1/s1. The van der Waals surface area contributed by atoms with Gasteiger partial charge in [-0.25, -0.2) is 0 Å². The molecule has 0 spiro atoms. The Morgan fingerprint density at radius 3 is 2.48 bits per heavy atom. The van der Waals surface area contributed by atoms with E-state index in [0.717, 1.165) is 5.56 Å². The third kappa shape index (κ3) is 2.98. The minimum Gasteiger partial charge on any atom is -0.394 e. The van der Waals surface area contributed by atoms with Crippen molar-refractivity contribution >= 4 is 0 Å². The molecule has 0 bridgehead atoms. The molecule has 2 saturated heterocycles. The Hall–Kier alpha value is -0.980. The molecule has 5 atom stereocenters. The Labute approximate surface area is 124 Å². The van der Waals surface area contributed by atoms with Crippen LogP contribution in [0.4, 0.5) is 0 Å². The first-order valence-electron chi connectivity index (χ1n) is 7.30. The molecule has 1 aromatic carbocycles. The van der Waals surface area contributed by atoms with E-state index in [4.69, 9.17) is 14.2 Å². The lowest BCUT2D eigenvalue weighted by molar-refractivity contribution is -0.0619. The van der Waals surface area contributed by atoms with Crippen LogP contribution < -0.4 is 0 Å². The fraction of sp³-hybridized carbons (Fsp3) is 0.625. The molecule has 2 aliphatic heterocycles. The van der Waals surface area contributed by atoms with Crippen LogP contribution in [0, 0.1) is 0 Å². The van der Waals surface area contributed by atoms with Crippen molar-refractivity contribution < 1.29 is 24.4 Å². The van der Waals surface area contributed by atoms with E-state index in [1.807, 2.05) is 44.2 Å². The molecule has 21 heavy (non-hydrogen) atoms. The van der Waals surface area contributed by atoms with E-state index in [1.165, 1.54) is 0 Å². The summed E-state index contributed by atoms with van der Waals surface area (Å²) in [5.74, 6) is 0. The number of hydrogen-bond donors (Lipinski definition) is 2. The molecule has 2 unspecified atom stereocenters. The Morgan fingerprint density at radius 1 is 1.24 bits per heavy atom. The Morgan fingerprint density at radius 2 is 1.90 bits per heavy atom. The molecule has 0 amide bonds. The van der Waals surface area contributed by atoms with Gasteiger partial charge in [0, 0.05) is 0 Å². The highest BCUT2D eigenvalue weighted by molar-refractivity contribution is 5.14. The molecule has 0 saturated carbocycles. The number of aliphatic hydroxyl groups excluding tert-OH is 2. The van der Waals surface area contributed by atoms with Gasteiger partial charge in [-0.05, 0) is 19.4 Å². The van der Waals surface area contributed by atoms with Gasteiger partial charge in [0.25, 0.3) is 0 Å². The quantitative estimate of drug-likeness (QED) is 0.789. The van der Waals surface area contributed by atoms with Crippen LogP contribution in [0.15, 0.2) is 30.3 Å². The van der Waals surface area contributed by atoms with Crippen LogP contribution in [-0.4, -0.2) is 52.9 Å². The summed E-state index contributed by atoms with van der Waals surface area (Å²) in [5, 5.41) is 19.9. The number of aliphatic hydroxyl groups is 2. The van der Waals surface area contributed by atoms with Crippen LogP contribution in [0.2, 0.25) is 0 Å². The normalized spacial score (nSPS) is 37.6. The first-order valence-corrected chi connectivity index (χ1v) is 7.30.